The first kappa shape index (κ1) is 12.7. The van der Waals surface area contributed by atoms with Crippen LogP contribution in [-0.4, -0.2) is 10.1 Å². The third-order valence-corrected chi connectivity index (χ3v) is 3.23. The largest absolute Gasteiger partial charge is 0.458 e. The van der Waals surface area contributed by atoms with E-state index in [0.29, 0.717) is 11.0 Å². The summed E-state index contributed by atoms with van der Waals surface area (Å²) in [6.45, 7) is 1.47. The Balaban J connectivity index is 2.13. The number of halogens is 2. The van der Waals surface area contributed by atoms with E-state index in [9.17, 15) is 13.9 Å². The van der Waals surface area contributed by atoms with E-state index in [1.807, 2.05) is 0 Å². The molecule has 3 nitrogen and oxygen atoms in total. The molecule has 1 atom stereocenters. The summed E-state index contributed by atoms with van der Waals surface area (Å²) in [4.78, 5) is 3.71. The van der Waals surface area contributed by atoms with Crippen LogP contribution in [0, 0.1) is 11.6 Å². The van der Waals surface area contributed by atoms with Crippen LogP contribution in [0.15, 0.2) is 47.1 Å². The van der Waals surface area contributed by atoms with Crippen molar-refractivity contribution in [2.75, 3.05) is 0 Å². The molecule has 0 fully saturated rings. The van der Waals surface area contributed by atoms with Gasteiger partial charge in [0.05, 0.1) is 6.20 Å². The summed E-state index contributed by atoms with van der Waals surface area (Å²) < 4.78 is 31.9. The second kappa shape index (κ2) is 4.38. The third kappa shape index (κ3) is 2.06. The van der Waals surface area contributed by atoms with Crippen LogP contribution in [0.4, 0.5) is 8.78 Å². The summed E-state index contributed by atoms with van der Waals surface area (Å²) in [5.41, 5.74) is -0.840. The van der Waals surface area contributed by atoms with Crippen LogP contribution in [0.2, 0.25) is 0 Å². The molecule has 0 aliphatic rings. The lowest BCUT2D eigenvalue weighted by atomic mass is 9.95. The topological polar surface area (TPSA) is 46.3 Å². The number of pyridine rings is 1. The van der Waals surface area contributed by atoms with Crippen LogP contribution in [0.25, 0.3) is 11.0 Å². The lowest BCUT2D eigenvalue weighted by Gasteiger charge is -2.20. The first-order chi connectivity index (χ1) is 9.46. The van der Waals surface area contributed by atoms with Gasteiger partial charge in [-0.1, -0.05) is 0 Å². The van der Waals surface area contributed by atoms with Crippen LogP contribution >= 0.6 is 0 Å². The summed E-state index contributed by atoms with van der Waals surface area (Å²) in [5, 5.41) is 11.1. The normalized spacial score (nSPS) is 14.4. The second-order valence-electron chi connectivity index (χ2n) is 4.76. The van der Waals surface area contributed by atoms with Crippen LogP contribution < -0.4 is 0 Å². The number of rotatable bonds is 2. The van der Waals surface area contributed by atoms with Gasteiger partial charge in [0.2, 0.25) is 0 Å². The number of aliphatic hydroxyl groups is 1. The molecule has 0 saturated carbocycles. The molecule has 1 aromatic carbocycles. The van der Waals surface area contributed by atoms with Gasteiger partial charge < -0.3 is 9.52 Å². The molecule has 0 bridgehead atoms. The quantitative estimate of drug-likeness (QED) is 0.780. The van der Waals surface area contributed by atoms with Crippen molar-refractivity contribution >= 4 is 11.0 Å². The number of benzene rings is 1. The van der Waals surface area contributed by atoms with Crippen molar-refractivity contribution in [3.63, 3.8) is 0 Å². The molecule has 1 unspecified atom stereocenters. The first-order valence-electron chi connectivity index (χ1n) is 6.00. The molecule has 0 radical (unpaired) electrons. The number of nitrogens with zero attached hydrogens (tertiary/aromatic N) is 1. The summed E-state index contributed by atoms with van der Waals surface area (Å²) in [7, 11) is 0. The number of furan rings is 1. The average Bonchev–Trinajstić information content (AvgIpc) is 2.82. The van der Waals surface area contributed by atoms with Gasteiger partial charge in [-0.2, -0.15) is 0 Å². The molecule has 0 aliphatic heterocycles. The fourth-order valence-electron chi connectivity index (χ4n) is 2.07. The van der Waals surface area contributed by atoms with E-state index in [-0.39, 0.29) is 11.3 Å². The SMILES string of the molecule is CC(O)(c1cncc(F)c1)c1cc2cc(F)ccc2o1. The molecule has 0 saturated heterocycles. The van der Waals surface area contributed by atoms with E-state index in [1.54, 1.807) is 0 Å². The molecule has 5 heteroatoms. The highest BCUT2D eigenvalue weighted by Gasteiger charge is 2.30. The van der Waals surface area contributed by atoms with Gasteiger partial charge in [-0.05, 0) is 37.3 Å². The fraction of sp³-hybridized carbons (Fsp3) is 0.133. The van der Waals surface area contributed by atoms with Gasteiger partial charge in [-0.15, -0.1) is 0 Å². The number of fused-ring (bicyclic) bond motifs is 1. The summed E-state index contributed by atoms with van der Waals surface area (Å²) in [5.74, 6) is -0.743. The lowest BCUT2D eigenvalue weighted by molar-refractivity contribution is 0.0779. The van der Waals surface area contributed by atoms with Crippen molar-refractivity contribution < 1.29 is 18.3 Å². The highest BCUT2D eigenvalue weighted by Crippen LogP contribution is 2.33. The molecule has 3 rings (SSSR count). The van der Waals surface area contributed by atoms with E-state index >= 15 is 0 Å². The average molecular weight is 275 g/mol. The standard InChI is InChI=1S/C15H11F2NO2/c1-15(19,10-6-12(17)8-18-7-10)14-5-9-4-11(16)2-3-13(9)20-14/h2-8,19H,1H3. The Morgan fingerprint density at radius 2 is 1.90 bits per heavy atom. The maximum atomic E-state index is 13.2. The highest BCUT2D eigenvalue weighted by atomic mass is 19.1. The van der Waals surface area contributed by atoms with Crippen LogP contribution in [0.5, 0.6) is 0 Å². The summed E-state index contributed by atoms with van der Waals surface area (Å²) >= 11 is 0. The molecule has 0 amide bonds. The van der Waals surface area contributed by atoms with E-state index in [2.05, 4.69) is 4.98 Å². The predicted octanol–water partition coefficient (Wildman–Crippen LogP) is 3.36. The zero-order valence-electron chi connectivity index (χ0n) is 10.6. The summed E-state index contributed by atoms with van der Waals surface area (Å²) in [6, 6.07) is 6.77. The molecule has 1 N–H and O–H groups in total. The van der Waals surface area contributed by atoms with Crippen molar-refractivity contribution in [3.8, 4) is 0 Å². The van der Waals surface area contributed by atoms with Gasteiger partial charge in [0, 0.05) is 17.1 Å². The third-order valence-electron chi connectivity index (χ3n) is 3.23. The van der Waals surface area contributed by atoms with Gasteiger partial charge in [0.1, 0.15) is 28.6 Å². The van der Waals surface area contributed by atoms with E-state index in [1.165, 1.54) is 43.5 Å². The van der Waals surface area contributed by atoms with Gasteiger partial charge in [0.25, 0.3) is 0 Å². The van der Waals surface area contributed by atoms with E-state index in [0.717, 1.165) is 6.20 Å². The molecule has 0 spiro atoms. The van der Waals surface area contributed by atoms with Gasteiger partial charge in [-0.3, -0.25) is 4.98 Å². The smallest absolute Gasteiger partial charge is 0.146 e. The first-order valence-corrected chi connectivity index (χ1v) is 6.00. The van der Waals surface area contributed by atoms with E-state index < -0.39 is 17.2 Å². The Morgan fingerprint density at radius 3 is 2.65 bits per heavy atom. The van der Waals surface area contributed by atoms with Crippen molar-refractivity contribution in [3.05, 3.63) is 65.7 Å². The summed E-state index contributed by atoms with van der Waals surface area (Å²) in [6.07, 6.45) is 2.41. The molecule has 2 heterocycles. The second-order valence-corrected chi connectivity index (χ2v) is 4.76. The zero-order valence-corrected chi connectivity index (χ0v) is 10.6. The van der Waals surface area contributed by atoms with Crippen molar-refractivity contribution in [2.45, 2.75) is 12.5 Å². The minimum atomic E-state index is -1.55. The van der Waals surface area contributed by atoms with Crippen LogP contribution in [0.1, 0.15) is 18.2 Å². The molecule has 2 aromatic heterocycles. The molecular weight excluding hydrogens is 264 g/mol. The molecule has 3 aromatic rings. The maximum absolute atomic E-state index is 13.2. The minimum absolute atomic E-state index is 0.200. The van der Waals surface area contributed by atoms with Crippen LogP contribution in [0.3, 0.4) is 0 Å². The minimum Gasteiger partial charge on any atom is -0.458 e. The molecule has 102 valence electrons. The maximum Gasteiger partial charge on any atom is 0.146 e. The molecule has 20 heavy (non-hydrogen) atoms. The number of aromatic nitrogens is 1. The fourth-order valence-corrected chi connectivity index (χ4v) is 2.07. The van der Waals surface area contributed by atoms with E-state index in [4.69, 9.17) is 4.42 Å². The van der Waals surface area contributed by atoms with Crippen molar-refractivity contribution in [1.29, 1.82) is 0 Å². The molecule has 0 aliphatic carbocycles. The van der Waals surface area contributed by atoms with Gasteiger partial charge in [-0.25, -0.2) is 8.78 Å². The van der Waals surface area contributed by atoms with Gasteiger partial charge in [0.15, 0.2) is 0 Å². The Bertz CT molecular complexity index is 780. The predicted molar refractivity (Wildman–Crippen MR) is 69.0 cm³/mol. The Kier molecular flexibility index (Phi) is 2.79. The Hall–Kier alpha value is -2.27. The zero-order chi connectivity index (χ0) is 14.3. The molecular formula is C15H11F2NO2. The Morgan fingerprint density at radius 1 is 1.10 bits per heavy atom. The number of hydrogen-bond donors (Lipinski definition) is 1. The van der Waals surface area contributed by atoms with Crippen molar-refractivity contribution in [1.82, 2.24) is 4.98 Å². The lowest BCUT2D eigenvalue weighted by Crippen LogP contribution is -2.22. The van der Waals surface area contributed by atoms with Crippen LogP contribution in [-0.2, 0) is 5.60 Å². The Labute approximate surface area is 113 Å². The van der Waals surface area contributed by atoms with Crippen molar-refractivity contribution in [2.24, 2.45) is 0 Å². The monoisotopic (exact) mass is 275 g/mol. The highest BCUT2D eigenvalue weighted by molar-refractivity contribution is 5.78. The van der Waals surface area contributed by atoms with Gasteiger partial charge >= 0.3 is 0 Å². The number of hydrogen-bond acceptors (Lipinski definition) is 3.